The van der Waals surface area contributed by atoms with Crippen molar-refractivity contribution in [3.05, 3.63) is 16.1 Å². The Bertz CT molecular complexity index is 610. The van der Waals surface area contributed by atoms with E-state index in [1.54, 1.807) is 16.2 Å². The molecule has 0 saturated carbocycles. The molecule has 0 radical (unpaired) electrons. The fraction of sp³-hybridized carbons (Fsp3) is 0.692. The van der Waals surface area contributed by atoms with Crippen LogP contribution in [0.15, 0.2) is 5.38 Å². The van der Waals surface area contributed by atoms with Crippen LogP contribution in [0.5, 0.6) is 0 Å². The van der Waals surface area contributed by atoms with Crippen molar-refractivity contribution in [2.24, 2.45) is 0 Å². The van der Waals surface area contributed by atoms with E-state index in [0.717, 1.165) is 10.7 Å². The van der Waals surface area contributed by atoms with E-state index in [0.29, 0.717) is 25.4 Å². The van der Waals surface area contributed by atoms with Crippen LogP contribution in [0.1, 0.15) is 36.9 Å². The van der Waals surface area contributed by atoms with Gasteiger partial charge in [0.25, 0.3) is 0 Å². The average molecular weight is 331 g/mol. The van der Waals surface area contributed by atoms with Crippen LogP contribution in [0.4, 0.5) is 4.79 Å². The molecule has 6 nitrogen and oxygen atoms in total. The molecule has 2 rings (SSSR count). The van der Waals surface area contributed by atoms with Crippen LogP contribution >= 0.6 is 11.3 Å². The smallest absolute Gasteiger partial charge is 0.317 e. The standard InChI is InChI=1S/C13H21N3O3S2/c1-9(2)12-15-10(8-20-12)6-14-13(17)16-5-4-11(7-16)21(3,18)19/h8-9,11H,4-7H2,1-3H3,(H,14,17). The van der Waals surface area contributed by atoms with E-state index in [1.807, 2.05) is 5.38 Å². The first kappa shape index (κ1) is 16.2. The highest BCUT2D eigenvalue weighted by Gasteiger charge is 2.32. The molecule has 1 N–H and O–H groups in total. The Morgan fingerprint density at radius 2 is 2.29 bits per heavy atom. The van der Waals surface area contributed by atoms with E-state index >= 15 is 0 Å². The lowest BCUT2D eigenvalue weighted by Gasteiger charge is -2.16. The number of hydrogen-bond donors (Lipinski definition) is 1. The first-order chi connectivity index (χ1) is 9.77. The van der Waals surface area contributed by atoms with Crippen LogP contribution in [-0.2, 0) is 16.4 Å². The van der Waals surface area contributed by atoms with Gasteiger partial charge in [-0.05, 0) is 6.42 Å². The van der Waals surface area contributed by atoms with Gasteiger partial charge in [0.15, 0.2) is 9.84 Å². The highest BCUT2D eigenvalue weighted by molar-refractivity contribution is 7.91. The third kappa shape index (κ3) is 4.16. The molecule has 0 aromatic carbocycles. The molecule has 1 saturated heterocycles. The summed E-state index contributed by atoms with van der Waals surface area (Å²) in [7, 11) is -3.07. The molecule has 0 spiro atoms. The summed E-state index contributed by atoms with van der Waals surface area (Å²) in [6.07, 6.45) is 1.74. The molecule has 0 aliphatic carbocycles. The number of urea groups is 1. The van der Waals surface area contributed by atoms with Crippen LogP contribution in [0.3, 0.4) is 0 Å². The second kappa shape index (κ2) is 6.31. The van der Waals surface area contributed by atoms with Crippen molar-refractivity contribution in [2.75, 3.05) is 19.3 Å². The molecular weight excluding hydrogens is 310 g/mol. The van der Waals surface area contributed by atoms with Crippen molar-refractivity contribution in [3.8, 4) is 0 Å². The second-order valence-electron chi connectivity index (χ2n) is 5.68. The fourth-order valence-corrected chi connectivity index (χ4v) is 4.03. The molecule has 8 heteroatoms. The molecule has 118 valence electrons. The number of carbonyl (C=O) groups excluding carboxylic acids is 1. The minimum atomic E-state index is -3.07. The zero-order valence-electron chi connectivity index (χ0n) is 12.5. The molecule has 1 aromatic rings. The quantitative estimate of drug-likeness (QED) is 0.909. The zero-order valence-corrected chi connectivity index (χ0v) is 14.1. The van der Waals surface area contributed by atoms with E-state index in [-0.39, 0.29) is 12.6 Å². The van der Waals surface area contributed by atoms with Crippen molar-refractivity contribution < 1.29 is 13.2 Å². The van der Waals surface area contributed by atoms with Crippen LogP contribution in [0.2, 0.25) is 0 Å². The maximum absolute atomic E-state index is 12.0. The summed E-state index contributed by atoms with van der Waals surface area (Å²) in [4.78, 5) is 18.0. The van der Waals surface area contributed by atoms with Gasteiger partial charge in [-0.1, -0.05) is 13.8 Å². The summed E-state index contributed by atoms with van der Waals surface area (Å²) >= 11 is 1.59. The molecule has 21 heavy (non-hydrogen) atoms. The molecule has 1 unspecified atom stereocenters. The van der Waals surface area contributed by atoms with Crippen LogP contribution < -0.4 is 5.32 Å². The number of aromatic nitrogens is 1. The fourth-order valence-electron chi connectivity index (χ4n) is 2.21. The van der Waals surface area contributed by atoms with Gasteiger partial charge >= 0.3 is 6.03 Å². The summed E-state index contributed by atoms with van der Waals surface area (Å²) in [5.41, 5.74) is 0.843. The average Bonchev–Trinajstić information content (AvgIpc) is 3.04. The van der Waals surface area contributed by atoms with Gasteiger partial charge in [-0.25, -0.2) is 18.2 Å². The SMILES string of the molecule is CC(C)c1nc(CNC(=O)N2CCC(S(C)(=O)=O)C2)cs1. The maximum atomic E-state index is 12.0. The van der Waals surface area contributed by atoms with Crippen LogP contribution in [-0.4, -0.2) is 48.9 Å². The number of nitrogens with one attached hydrogen (secondary N) is 1. The van der Waals surface area contributed by atoms with Crippen LogP contribution in [0.25, 0.3) is 0 Å². The van der Waals surface area contributed by atoms with Crippen molar-refractivity contribution in [1.29, 1.82) is 0 Å². The summed E-state index contributed by atoms with van der Waals surface area (Å²) < 4.78 is 23.0. The van der Waals surface area contributed by atoms with Gasteiger partial charge in [-0.15, -0.1) is 11.3 Å². The number of thiazole rings is 1. The Kier molecular flexibility index (Phi) is 4.88. The van der Waals surface area contributed by atoms with Gasteiger partial charge in [0.05, 0.1) is 22.5 Å². The van der Waals surface area contributed by atoms with Gasteiger partial charge in [0.2, 0.25) is 0 Å². The number of nitrogens with zero attached hydrogens (tertiary/aromatic N) is 2. The molecule has 1 aliphatic heterocycles. The summed E-state index contributed by atoms with van der Waals surface area (Å²) in [6.45, 7) is 5.30. The van der Waals surface area contributed by atoms with Crippen molar-refractivity contribution in [3.63, 3.8) is 0 Å². The lowest BCUT2D eigenvalue weighted by Crippen LogP contribution is -2.39. The molecule has 1 atom stereocenters. The molecule has 0 bridgehead atoms. The second-order valence-corrected chi connectivity index (χ2v) is 8.89. The van der Waals surface area contributed by atoms with Crippen molar-refractivity contribution in [2.45, 2.75) is 38.0 Å². The Morgan fingerprint density at radius 3 is 2.81 bits per heavy atom. The molecule has 2 amide bonds. The summed E-state index contributed by atoms with van der Waals surface area (Å²) in [5, 5.41) is 5.36. The topological polar surface area (TPSA) is 79.4 Å². The third-order valence-electron chi connectivity index (χ3n) is 3.52. The minimum absolute atomic E-state index is 0.222. The normalized spacial score (nSPS) is 19.2. The van der Waals surface area contributed by atoms with Gasteiger partial charge < -0.3 is 10.2 Å². The predicted molar refractivity (Wildman–Crippen MR) is 83.3 cm³/mol. The van der Waals surface area contributed by atoms with Gasteiger partial charge in [0, 0.05) is 30.6 Å². The van der Waals surface area contributed by atoms with E-state index in [2.05, 4.69) is 24.1 Å². The first-order valence-corrected chi connectivity index (χ1v) is 9.76. The van der Waals surface area contributed by atoms with Gasteiger partial charge in [-0.2, -0.15) is 0 Å². The number of rotatable bonds is 4. The van der Waals surface area contributed by atoms with Crippen LogP contribution in [0, 0.1) is 0 Å². The van der Waals surface area contributed by atoms with E-state index in [4.69, 9.17) is 0 Å². The van der Waals surface area contributed by atoms with E-state index in [9.17, 15) is 13.2 Å². The number of amides is 2. The number of hydrogen-bond acceptors (Lipinski definition) is 5. The Hall–Kier alpha value is -1.15. The minimum Gasteiger partial charge on any atom is -0.332 e. The number of likely N-dealkylation sites (tertiary alicyclic amines) is 1. The van der Waals surface area contributed by atoms with Gasteiger partial charge in [-0.3, -0.25) is 0 Å². The van der Waals surface area contributed by atoms with E-state index < -0.39 is 15.1 Å². The molecular formula is C13H21N3O3S2. The largest absolute Gasteiger partial charge is 0.332 e. The van der Waals surface area contributed by atoms with E-state index in [1.165, 1.54) is 6.26 Å². The molecule has 2 heterocycles. The maximum Gasteiger partial charge on any atom is 0.317 e. The summed E-state index contributed by atoms with van der Waals surface area (Å²) in [5.74, 6) is 0.383. The van der Waals surface area contributed by atoms with Crippen molar-refractivity contribution >= 4 is 27.2 Å². The predicted octanol–water partition coefficient (Wildman–Crippen LogP) is 1.60. The molecule has 1 fully saturated rings. The molecule has 1 aliphatic rings. The third-order valence-corrected chi connectivity index (χ3v) is 6.31. The zero-order chi connectivity index (χ0) is 15.6. The lowest BCUT2D eigenvalue weighted by atomic mass is 10.2. The molecule has 1 aromatic heterocycles. The van der Waals surface area contributed by atoms with Gasteiger partial charge in [0.1, 0.15) is 0 Å². The summed E-state index contributed by atoms with van der Waals surface area (Å²) in [6, 6.07) is -0.222. The Labute approximate surface area is 129 Å². The number of carbonyl (C=O) groups is 1. The Balaban J connectivity index is 1.85. The number of sulfone groups is 1. The van der Waals surface area contributed by atoms with Crippen molar-refractivity contribution in [1.82, 2.24) is 15.2 Å². The Morgan fingerprint density at radius 1 is 1.57 bits per heavy atom. The lowest BCUT2D eigenvalue weighted by molar-refractivity contribution is 0.208. The highest BCUT2D eigenvalue weighted by Crippen LogP contribution is 2.19. The first-order valence-electron chi connectivity index (χ1n) is 6.93. The monoisotopic (exact) mass is 331 g/mol. The highest BCUT2D eigenvalue weighted by atomic mass is 32.2.